The number of halogens is 4. The number of carbonyl (C=O) groups excluding carboxylic acids is 2. The van der Waals surface area contributed by atoms with Crippen LogP contribution in [0.3, 0.4) is 0 Å². The second-order valence-electron chi connectivity index (χ2n) is 11.8. The van der Waals surface area contributed by atoms with Crippen LogP contribution in [0.15, 0.2) is 139 Å². The Balaban J connectivity index is 1.18. The lowest BCUT2D eigenvalue weighted by atomic mass is 9.78. The summed E-state index contributed by atoms with van der Waals surface area (Å²) in [7, 11) is 0. The van der Waals surface area contributed by atoms with Gasteiger partial charge in [-0.25, -0.2) is 9.59 Å². The van der Waals surface area contributed by atoms with Gasteiger partial charge in [0.15, 0.2) is 11.5 Å². The van der Waals surface area contributed by atoms with Gasteiger partial charge in [0.05, 0.1) is 17.9 Å². The molecule has 0 saturated carbocycles. The molecule has 0 spiro atoms. The van der Waals surface area contributed by atoms with Crippen molar-refractivity contribution in [2.45, 2.75) is 19.3 Å². The smallest absolute Gasteiger partial charge is 0.336 e. The van der Waals surface area contributed by atoms with Crippen molar-refractivity contribution >= 4 is 109 Å². The summed E-state index contributed by atoms with van der Waals surface area (Å²) in [5.74, 6) is -0.223. The number of benzene rings is 6. The molecule has 0 heterocycles. The third kappa shape index (κ3) is 7.83. The zero-order valence-corrected chi connectivity index (χ0v) is 32.7. The average molecular weight is 904 g/mol. The maximum Gasteiger partial charge on any atom is 0.336 e. The summed E-state index contributed by atoms with van der Waals surface area (Å²) in [4.78, 5) is 25.8. The molecule has 49 heavy (non-hydrogen) atoms. The van der Waals surface area contributed by atoms with Gasteiger partial charge in [0.1, 0.15) is 0 Å². The number of hydrogen-bond donors (Lipinski definition) is 0. The van der Waals surface area contributed by atoms with Gasteiger partial charge in [-0.05, 0) is 144 Å². The maximum atomic E-state index is 12.9. The quantitative estimate of drug-likeness (QED) is 0.0867. The van der Waals surface area contributed by atoms with Crippen LogP contribution in [-0.2, 0) is 15.0 Å². The summed E-state index contributed by atoms with van der Waals surface area (Å²) < 4.78 is 14.0. The summed E-state index contributed by atoms with van der Waals surface area (Å²) in [5, 5.41) is 4.31. The molecular formula is C41H28Br4O4. The SMILES string of the molecule is CC(C)(c1cc(Br)c(OC(=O)/C=C/c2cccc3ccccc23)c(Br)c1)c1cc(Br)c(OC(=O)/C=C/c2cccc3ccccc23)c(Br)c1. The fourth-order valence-electron chi connectivity index (χ4n) is 5.58. The van der Waals surface area contributed by atoms with E-state index in [9.17, 15) is 9.59 Å². The van der Waals surface area contributed by atoms with Crippen LogP contribution in [-0.4, -0.2) is 11.9 Å². The molecule has 0 atom stereocenters. The highest BCUT2D eigenvalue weighted by atomic mass is 79.9. The molecule has 8 heteroatoms. The third-order valence-corrected chi connectivity index (χ3v) is 10.6. The maximum absolute atomic E-state index is 12.9. The van der Waals surface area contributed by atoms with E-state index < -0.39 is 17.4 Å². The molecule has 0 radical (unpaired) electrons. The predicted molar refractivity (Wildman–Crippen MR) is 213 cm³/mol. The number of esters is 2. The molecule has 0 aliphatic heterocycles. The summed E-state index contributed by atoms with van der Waals surface area (Å²) in [5.41, 5.74) is 3.28. The van der Waals surface area contributed by atoms with Crippen LogP contribution >= 0.6 is 63.7 Å². The second kappa shape index (κ2) is 15.0. The van der Waals surface area contributed by atoms with E-state index in [1.54, 1.807) is 12.2 Å². The molecule has 0 bridgehead atoms. The number of carbonyl (C=O) groups is 2. The van der Waals surface area contributed by atoms with Crippen molar-refractivity contribution in [2.75, 3.05) is 0 Å². The summed E-state index contributed by atoms with van der Waals surface area (Å²) >= 11 is 14.5. The Kier molecular flexibility index (Phi) is 10.7. The van der Waals surface area contributed by atoms with E-state index in [1.165, 1.54) is 12.2 Å². The van der Waals surface area contributed by atoms with Gasteiger partial charge in [0.2, 0.25) is 0 Å². The van der Waals surface area contributed by atoms with Crippen molar-refractivity contribution in [3.63, 3.8) is 0 Å². The Labute approximate surface area is 318 Å². The monoisotopic (exact) mass is 900 g/mol. The number of hydrogen-bond acceptors (Lipinski definition) is 4. The molecule has 0 fully saturated rings. The zero-order chi connectivity index (χ0) is 34.7. The Bertz CT molecular complexity index is 2090. The molecule has 4 nitrogen and oxygen atoms in total. The standard InChI is InChI=1S/C41H28Br4O4/c1-41(2,29-21-33(42)39(34(43)22-29)48-37(46)19-17-27-13-7-11-25-9-3-5-15-31(25)27)30-23-35(44)40(36(45)24-30)49-38(47)20-18-28-14-8-12-26-10-4-6-16-32(26)28/h3-24H,1-2H3/b19-17+,20-18+. The Morgan fingerprint density at radius 1 is 0.531 bits per heavy atom. The molecule has 244 valence electrons. The Morgan fingerprint density at radius 2 is 0.878 bits per heavy atom. The van der Waals surface area contributed by atoms with Gasteiger partial charge in [-0.2, -0.15) is 0 Å². The first-order valence-electron chi connectivity index (χ1n) is 15.3. The molecule has 0 amide bonds. The fraction of sp³-hybridized carbons (Fsp3) is 0.0732. The molecule has 6 aromatic rings. The minimum Gasteiger partial charge on any atom is -0.421 e. The third-order valence-electron chi connectivity index (χ3n) is 8.29. The lowest BCUT2D eigenvalue weighted by Crippen LogP contribution is -2.20. The number of fused-ring (bicyclic) bond motifs is 2. The molecular weight excluding hydrogens is 876 g/mol. The Hall–Kier alpha value is -3.82. The lowest BCUT2D eigenvalue weighted by molar-refractivity contribution is -0.129. The van der Waals surface area contributed by atoms with Crippen LogP contribution in [0.4, 0.5) is 0 Å². The fourth-order valence-corrected chi connectivity index (χ4v) is 8.28. The van der Waals surface area contributed by atoms with Crippen molar-refractivity contribution < 1.29 is 19.1 Å². The zero-order valence-electron chi connectivity index (χ0n) is 26.3. The summed E-state index contributed by atoms with van der Waals surface area (Å²) in [6, 6.07) is 35.7. The molecule has 0 aliphatic rings. The topological polar surface area (TPSA) is 52.6 Å². The van der Waals surface area contributed by atoms with Gasteiger partial charge >= 0.3 is 11.9 Å². The molecule has 6 aromatic carbocycles. The molecule has 0 saturated heterocycles. The minimum atomic E-state index is -0.496. The van der Waals surface area contributed by atoms with Crippen LogP contribution in [0.2, 0.25) is 0 Å². The number of rotatable bonds is 8. The van der Waals surface area contributed by atoms with E-state index in [4.69, 9.17) is 9.47 Å². The van der Waals surface area contributed by atoms with Crippen LogP contribution in [0.25, 0.3) is 33.7 Å². The Morgan fingerprint density at radius 3 is 1.27 bits per heavy atom. The van der Waals surface area contributed by atoms with Gasteiger partial charge in [0, 0.05) is 17.6 Å². The van der Waals surface area contributed by atoms with Gasteiger partial charge in [-0.15, -0.1) is 0 Å². The van der Waals surface area contributed by atoms with E-state index in [0.717, 1.165) is 43.8 Å². The molecule has 0 aromatic heterocycles. The van der Waals surface area contributed by atoms with E-state index in [-0.39, 0.29) is 0 Å². The molecule has 0 unspecified atom stereocenters. The molecule has 6 rings (SSSR count). The lowest BCUT2D eigenvalue weighted by Gasteiger charge is -2.28. The van der Waals surface area contributed by atoms with E-state index >= 15 is 0 Å². The second-order valence-corrected chi connectivity index (χ2v) is 15.2. The normalized spacial score (nSPS) is 11.9. The first-order chi connectivity index (χ1) is 23.5. The highest BCUT2D eigenvalue weighted by Gasteiger charge is 2.28. The largest absolute Gasteiger partial charge is 0.421 e. The predicted octanol–water partition coefficient (Wildman–Crippen LogP) is 12.6. The first kappa shape index (κ1) is 35.0. The van der Waals surface area contributed by atoms with Crippen molar-refractivity contribution in [2.24, 2.45) is 0 Å². The van der Waals surface area contributed by atoms with Crippen molar-refractivity contribution in [3.8, 4) is 11.5 Å². The minimum absolute atomic E-state index is 0.383. The van der Waals surface area contributed by atoms with Crippen molar-refractivity contribution in [1.29, 1.82) is 0 Å². The van der Waals surface area contributed by atoms with Crippen LogP contribution in [0.1, 0.15) is 36.1 Å². The van der Waals surface area contributed by atoms with E-state index in [0.29, 0.717) is 29.4 Å². The van der Waals surface area contributed by atoms with Gasteiger partial charge in [0.25, 0.3) is 0 Å². The summed E-state index contributed by atoms with van der Waals surface area (Å²) in [6.07, 6.45) is 6.40. The van der Waals surface area contributed by atoms with Crippen LogP contribution in [0.5, 0.6) is 11.5 Å². The van der Waals surface area contributed by atoms with E-state index in [1.807, 2.05) is 109 Å². The van der Waals surface area contributed by atoms with Gasteiger partial charge in [-0.3, -0.25) is 0 Å². The molecule has 0 aliphatic carbocycles. The van der Waals surface area contributed by atoms with Crippen LogP contribution in [0, 0.1) is 0 Å². The highest BCUT2D eigenvalue weighted by Crippen LogP contribution is 2.44. The summed E-state index contributed by atoms with van der Waals surface area (Å²) in [6.45, 7) is 4.18. The van der Waals surface area contributed by atoms with Crippen molar-refractivity contribution in [1.82, 2.24) is 0 Å². The van der Waals surface area contributed by atoms with Crippen molar-refractivity contribution in [3.05, 3.63) is 161 Å². The van der Waals surface area contributed by atoms with Gasteiger partial charge in [-0.1, -0.05) is 98.8 Å². The van der Waals surface area contributed by atoms with Crippen LogP contribution < -0.4 is 9.47 Å². The van der Waals surface area contributed by atoms with E-state index in [2.05, 4.69) is 77.6 Å². The highest BCUT2D eigenvalue weighted by molar-refractivity contribution is 9.11. The average Bonchev–Trinajstić information content (AvgIpc) is 3.09. The first-order valence-corrected chi connectivity index (χ1v) is 18.4. The van der Waals surface area contributed by atoms with Gasteiger partial charge < -0.3 is 9.47 Å². The number of ether oxygens (including phenoxy) is 2. The molecule has 0 N–H and O–H groups in total.